The molecule has 0 heterocycles. The zero-order chi connectivity index (χ0) is 8.53. The normalized spacial score (nSPS) is 10.1. The number of alkyl halides is 1. The molecule has 0 atom stereocenters. The van der Waals surface area contributed by atoms with E-state index in [1.807, 2.05) is 0 Å². The van der Waals surface area contributed by atoms with Crippen molar-refractivity contribution in [1.29, 1.82) is 0 Å². The Morgan fingerprint density at radius 3 is 2.27 bits per heavy atom. The minimum absolute atomic E-state index is 0.403. The van der Waals surface area contributed by atoms with Gasteiger partial charge in [-0.1, -0.05) is 12.8 Å². The van der Waals surface area contributed by atoms with Gasteiger partial charge in [-0.3, -0.25) is 0 Å². The number of halogens is 1. The van der Waals surface area contributed by atoms with Crippen LogP contribution in [0, 0.1) is 0 Å². The van der Waals surface area contributed by atoms with Crippen LogP contribution in [0.5, 0.6) is 0 Å². The Hall–Kier alpha value is 0.235. The van der Waals surface area contributed by atoms with E-state index in [1.54, 1.807) is 0 Å². The van der Waals surface area contributed by atoms with Crippen molar-refractivity contribution in [3.8, 4) is 0 Å². The summed E-state index contributed by atoms with van der Waals surface area (Å²) in [5.74, 6) is 0.698. The van der Waals surface area contributed by atoms with Crippen molar-refractivity contribution in [3.05, 3.63) is 0 Å². The first kappa shape index (κ1) is 11.2. The lowest BCUT2D eigenvalue weighted by molar-refractivity contribution is 0.182. The molecule has 0 rings (SSSR count). The first-order chi connectivity index (χ1) is 5.27. The summed E-state index contributed by atoms with van der Waals surface area (Å²) in [5.41, 5.74) is 0. The van der Waals surface area contributed by atoms with Gasteiger partial charge in [0.25, 0.3) is 0 Å². The maximum Gasteiger partial charge on any atom is 0.633 e. The van der Waals surface area contributed by atoms with Gasteiger partial charge in [0.15, 0.2) is 0 Å². The zero-order valence-corrected chi connectivity index (χ0v) is 7.26. The summed E-state index contributed by atoms with van der Waals surface area (Å²) in [6, 6.07) is 0. The van der Waals surface area contributed by atoms with Gasteiger partial charge in [0.2, 0.25) is 0 Å². The average Bonchev–Trinajstić information content (AvgIpc) is 1.96. The van der Waals surface area contributed by atoms with E-state index in [0.29, 0.717) is 12.5 Å². The third kappa shape index (κ3) is 10.2. The lowest BCUT2D eigenvalue weighted by Crippen LogP contribution is -2.17. The van der Waals surface area contributed by atoms with E-state index in [4.69, 9.17) is 21.6 Å². The maximum atomic E-state index is 8.27. The molecule has 0 aromatic carbocycles. The van der Waals surface area contributed by atoms with E-state index in [9.17, 15) is 0 Å². The van der Waals surface area contributed by atoms with Crippen LogP contribution in [0.15, 0.2) is 0 Å². The highest BCUT2D eigenvalue weighted by molar-refractivity contribution is 6.32. The molecule has 0 aliphatic heterocycles. The van der Waals surface area contributed by atoms with E-state index in [2.05, 4.69) is 4.65 Å². The number of unbranched alkanes of at least 4 members (excludes halogenated alkanes) is 3. The molecule has 0 aliphatic rings. The molecule has 0 aromatic heterocycles. The quantitative estimate of drug-likeness (QED) is 0.346. The topological polar surface area (TPSA) is 49.7 Å². The van der Waals surface area contributed by atoms with Crippen LogP contribution in [0.4, 0.5) is 0 Å². The van der Waals surface area contributed by atoms with E-state index in [-0.39, 0.29) is 0 Å². The van der Waals surface area contributed by atoms with Crippen LogP contribution in [0.3, 0.4) is 0 Å². The van der Waals surface area contributed by atoms with Gasteiger partial charge in [0.05, 0.1) is 0 Å². The lowest BCUT2D eigenvalue weighted by Gasteiger charge is -2.00. The van der Waals surface area contributed by atoms with Gasteiger partial charge in [-0.05, 0) is 12.8 Å². The molecular weight excluding hydrogens is 166 g/mol. The van der Waals surface area contributed by atoms with Crippen molar-refractivity contribution < 1.29 is 14.7 Å². The molecule has 5 heteroatoms. The molecule has 0 saturated carbocycles. The molecule has 0 amide bonds. The second kappa shape index (κ2) is 8.33. The molecule has 2 N–H and O–H groups in total. The van der Waals surface area contributed by atoms with Crippen LogP contribution in [0.2, 0.25) is 0 Å². The summed E-state index contributed by atoms with van der Waals surface area (Å²) < 4.78 is 4.50. The van der Waals surface area contributed by atoms with Crippen LogP contribution >= 0.6 is 11.6 Å². The van der Waals surface area contributed by atoms with E-state index in [0.717, 1.165) is 25.7 Å². The Morgan fingerprint density at radius 1 is 1.09 bits per heavy atom. The molecule has 0 aromatic rings. The standard InChI is InChI=1S/C6H14BClO3/c8-5-3-1-2-4-6-11-7(9)10/h9-10H,1-6H2. The van der Waals surface area contributed by atoms with Crippen molar-refractivity contribution in [3.63, 3.8) is 0 Å². The van der Waals surface area contributed by atoms with Crippen LogP contribution in [0.25, 0.3) is 0 Å². The van der Waals surface area contributed by atoms with Crippen LogP contribution in [-0.2, 0) is 4.65 Å². The van der Waals surface area contributed by atoms with Crippen molar-refractivity contribution in [2.75, 3.05) is 12.5 Å². The summed E-state index contributed by atoms with van der Waals surface area (Å²) in [5, 5.41) is 16.5. The molecule has 11 heavy (non-hydrogen) atoms. The van der Waals surface area contributed by atoms with Gasteiger partial charge < -0.3 is 14.7 Å². The van der Waals surface area contributed by atoms with Crippen LogP contribution in [-0.4, -0.2) is 29.9 Å². The third-order valence-electron chi connectivity index (χ3n) is 1.29. The van der Waals surface area contributed by atoms with Crippen LogP contribution < -0.4 is 0 Å². The van der Waals surface area contributed by atoms with Crippen molar-refractivity contribution in [1.82, 2.24) is 0 Å². The Bertz CT molecular complexity index is 82.2. The monoisotopic (exact) mass is 180 g/mol. The Kier molecular flexibility index (Phi) is 8.51. The largest absolute Gasteiger partial charge is 0.633 e. The van der Waals surface area contributed by atoms with Gasteiger partial charge >= 0.3 is 7.32 Å². The molecule has 3 nitrogen and oxygen atoms in total. The van der Waals surface area contributed by atoms with Crippen molar-refractivity contribution in [2.24, 2.45) is 0 Å². The Morgan fingerprint density at radius 2 is 1.73 bits per heavy atom. The van der Waals surface area contributed by atoms with Gasteiger partial charge in [-0.25, -0.2) is 0 Å². The van der Waals surface area contributed by atoms with Crippen LogP contribution in [0.1, 0.15) is 25.7 Å². The molecule has 0 aliphatic carbocycles. The average molecular weight is 180 g/mol. The fourth-order valence-corrected chi connectivity index (χ4v) is 0.928. The van der Waals surface area contributed by atoms with Gasteiger partial charge in [-0.2, -0.15) is 0 Å². The maximum absolute atomic E-state index is 8.27. The Labute approximate surface area is 72.5 Å². The highest BCUT2D eigenvalue weighted by atomic mass is 35.5. The van der Waals surface area contributed by atoms with Gasteiger partial charge in [0, 0.05) is 12.5 Å². The number of hydrogen-bond acceptors (Lipinski definition) is 3. The predicted molar refractivity (Wildman–Crippen MR) is 45.3 cm³/mol. The molecule has 0 bridgehead atoms. The summed E-state index contributed by atoms with van der Waals surface area (Å²) in [4.78, 5) is 0. The summed E-state index contributed by atoms with van der Waals surface area (Å²) in [6.07, 6.45) is 3.98. The fourth-order valence-electron chi connectivity index (χ4n) is 0.739. The SMILES string of the molecule is OB(O)OCCCCCCCl. The number of hydrogen-bond donors (Lipinski definition) is 2. The molecular formula is C6H14BClO3. The van der Waals surface area contributed by atoms with E-state index < -0.39 is 7.32 Å². The molecule has 0 spiro atoms. The van der Waals surface area contributed by atoms with E-state index >= 15 is 0 Å². The Balaban J connectivity index is 2.80. The smallest absolute Gasteiger partial charge is 0.402 e. The third-order valence-corrected chi connectivity index (χ3v) is 1.56. The lowest BCUT2D eigenvalue weighted by atomic mass is 10.2. The summed E-state index contributed by atoms with van der Waals surface area (Å²) in [7, 11) is -1.62. The fraction of sp³-hybridized carbons (Fsp3) is 1.00. The van der Waals surface area contributed by atoms with E-state index in [1.165, 1.54) is 0 Å². The second-order valence-corrected chi connectivity index (χ2v) is 2.68. The highest BCUT2D eigenvalue weighted by Crippen LogP contribution is 2.00. The van der Waals surface area contributed by atoms with Crippen molar-refractivity contribution in [2.45, 2.75) is 25.7 Å². The molecule has 0 saturated heterocycles. The summed E-state index contributed by atoms with van der Waals surface area (Å²) >= 11 is 5.45. The number of rotatable bonds is 7. The molecule has 0 radical (unpaired) electrons. The van der Waals surface area contributed by atoms with Crippen molar-refractivity contribution >= 4 is 18.9 Å². The van der Waals surface area contributed by atoms with Gasteiger partial charge in [0.1, 0.15) is 0 Å². The van der Waals surface area contributed by atoms with Gasteiger partial charge in [-0.15, -0.1) is 11.6 Å². The summed E-state index contributed by atoms with van der Waals surface area (Å²) in [6.45, 7) is 0.403. The minimum atomic E-state index is -1.62. The zero-order valence-electron chi connectivity index (χ0n) is 6.50. The predicted octanol–water partition coefficient (Wildman–Crippen LogP) is 0.772. The minimum Gasteiger partial charge on any atom is -0.402 e. The second-order valence-electron chi connectivity index (χ2n) is 2.30. The first-order valence-electron chi connectivity index (χ1n) is 3.81. The molecule has 0 unspecified atom stereocenters. The first-order valence-corrected chi connectivity index (χ1v) is 4.34. The highest BCUT2D eigenvalue weighted by Gasteiger charge is 2.06. The molecule has 66 valence electrons. The molecule has 0 fully saturated rings.